The lowest BCUT2D eigenvalue weighted by molar-refractivity contribution is -0.140. The lowest BCUT2D eigenvalue weighted by Gasteiger charge is -2.30. The summed E-state index contributed by atoms with van der Waals surface area (Å²) in [5, 5.41) is 3.58. The Balaban J connectivity index is 1.31. The summed E-state index contributed by atoms with van der Waals surface area (Å²) in [5.41, 5.74) is -1.70. The number of ketones is 1. The number of ether oxygens (including phenoxy) is 3. The molecule has 0 radical (unpaired) electrons. The molecule has 3 aromatic rings. The Morgan fingerprint density at radius 1 is 1.10 bits per heavy atom. The smallest absolute Gasteiger partial charge is 0.408 e. The predicted molar refractivity (Wildman–Crippen MR) is 192 cm³/mol. The monoisotopic (exact) mass is 732 g/mol. The van der Waals surface area contributed by atoms with Crippen LogP contribution in [-0.2, 0) is 29.1 Å². The number of allylic oxidation sites excluding steroid dienone is 1. The number of alkyl carbamates (subject to hydrolysis) is 1. The van der Waals surface area contributed by atoms with Gasteiger partial charge in [-0.25, -0.2) is 18.2 Å². The van der Waals surface area contributed by atoms with Crippen molar-refractivity contribution in [3.8, 4) is 11.6 Å². The number of sulfonamides is 1. The summed E-state index contributed by atoms with van der Waals surface area (Å²) >= 11 is 0. The molecule has 1 aromatic heterocycles. The van der Waals surface area contributed by atoms with Crippen molar-refractivity contribution >= 4 is 44.5 Å². The molecule has 3 fully saturated rings. The molecule has 0 spiro atoms. The van der Waals surface area contributed by atoms with E-state index in [1.54, 1.807) is 76.6 Å². The third-order valence-electron chi connectivity index (χ3n) is 9.73. The van der Waals surface area contributed by atoms with Gasteiger partial charge in [0, 0.05) is 24.4 Å². The second-order valence-corrected chi connectivity index (χ2v) is 16.7. The zero-order chi connectivity index (χ0) is 37.4. The van der Waals surface area contributed by atoms with Gasteiger partial charge in [-0.15, -0.1) is 6.58 Å². The van der Waals surface area contributed by atoms with E-state index in [2.05, 4.69) is 21.6 Å². The fourth-order valence-corrected chi connectivity index (χ4v) is 8.16. The third kappa shape index (κ3) is 7.91. The van der Waals surface area contributed by atoms with Gasteiger partial charge in [-0.1, -0.05) is 36.4 Å². The average molecular weight is 733 g/mol. The van der Waals surface area contributed by atoms with Gasteiger partial charge < -0.3 is 24.4 Å². The van der Waals surface area contributed by atoms with E-state index < -0.39 is 74.1 Å². The number of carbonyl (C=O) groups is 4. The summed E-state index contributed by atoms with van der Waals surface area (Å²) < 4.78 is 44.9. The van der Waals surface area contributed by atoms with Crippen LogP contribution in [0.3, 0.4) is 0 Å². The highest BCUT2D eigenvalue weighted by molar-refractivity contribution is 7.90. The fraction of sp³-hybridized carbons (Fsp3) is 0.447. The van der Waals surface area contributed by atoms with Crippen molar-refractivity contribution in [3.05, 3.63) is 79.0 Å². The van der Waals surface area contributed by atoms with Crippen molar-refractivity contribution in [2.45, 2.75) is 81.9 Å². The molecule has 14 heteroatoms. The number of hydrogen-bond acceptors (Lipinski definition) is 10. The summed E-state index contributed by atoms with van der Waals surface area (Å²) in [5.74, 6) is -1.24. The maximum atomic E-state index is 14.6. The van der Waals surface area contributed by atoms with E-state index in [1.807, 2.05) is 18.2 Å². The number of rotatable bonds is 13. The number of amides is 3. The molecule has 276 valence electrons. The zero-order valence-corrected chi connectivity index (χ0v) is 30.5. The summed E-state index contributed by atoms with van der Waals surface area (Å²) in [6.07, 6.45) is 2.54. The number of likely N-dealkylation sites (tertiary alicyclic amines) is 1. The number of fused-ring (bicyclic) bond motifs is 1. The highest BCUT2D eigenvalue weighted by Crippen LogP contribution is 2.57. The van der Waals surface area contributed by atoms with Gasteiger partial charge in [-0.05, 0) is 81.2 Å². The van der Waals surface area contributed by atoms with Gasteiger partial charge in [0.05, 0.1) is 30.4 Å². The lowest BCUT2D eigenvalue weighted by Crippen LogP contribution is -2.49. The van der Waals surface area contributed by atoms with Crippen LogP contribution in [0, 0.1) is 11.3 Å². The molecule has 0 unspecified atom stereocenters. The normalized spacial score (nSPS) is 23.3. The largest absolute Gasteiger partial charge is 0.497 e. The van der Waals surface area contributed by atoms with Gasteiger partial charge in [0.25, 0.3) is 5.91 Å². The molecule has 3 amide bonds. The standard InChI is InChI=1S/C38H44N4O9S/c1-6-25-20-38(25,35(45)41-52(47,48)28-13-14-28)21-31(43)30-19-27(50-33-29-15-12-26(49-5)18-24(29)16-17-39-33)22-42(30)34(44)32(23-10-8-7-9-11-23)40-36(46)51-37(2,3)4/h6-12,15-18,25,27-28,30,32H,1,13-14,19-22H2,2-5H3,(H,40,46)(H,41,45)/t25-,27-,30+,32+,38-/m1/s1. The van der Waals surface area contributed by atoms with E-state index in [4.69, 9.17) is 14.2 Å². The Morgan fingerprint density at radius 3 is 2.46 bits per heavy atom. The van der Waals surface area contributed by atoms with Crippen LogP contribution in [0.25, 0.3) is 10.8 Å². The summed E-state index contributed by atoms with van der Waals surface area (Å²) in [6.45, 7) is 8.88. The average Bonchev–Trinajstić information content (AvgIpc) is 4.03. The van der Waals surface area contributed by atoms with Crippen LogP contribution in [0.15, 0.2) is 73.4 Å². The first-order chi connectivity index (χ1) is 24.6. The predicted octanol–water partition coefficient (Wildman–Crippen LogP) is 4.62. The summed E-state index contributed by atoms with van der Waals surface area (Å²) in [7, 11) is -2.30. The van der Waals surface area contributed by atoms with Crippen LogP contribution in [0.4, 0.5) is 4.79 Å². The molecule has 6 rings (SSSR count). The first kappa shape index (κ1) is 36.8. The van der Waals surface area contributed by atoms with Gasteiger partial charge in [-0.3, -0.25) is 19.1 Å². The van der Waals surface area contributed by atoms with Gasteiger partial charge in [-0.2, -0.15) is 0 Å². The van der Waals surface area contributed by atoms with Crippen LogP contribution in [0.5, 0.6) is 11.6 Å². The van der Waals surface area contributed by atoms with Crippen molar-refractivity contribution in [3.63, 3.8) is 0 Å². The zero-order valence-electron chi connectivity index (χ0n) is 29.7. The van der Waals surface area contributed by atoms with Crippen molar-refractivity contribution in [1.82, 2.24) is 19.9 Å². The highest BCUT2D eigenvalue weighted by atomic mass is 32.2. The molecule has 1 saturated heterocycles. The third-order valence-corrected chi connectivity index (χ3v) is 11.5. The Hall–Kier alpha value is -4.98. The highest BCUT2D eigenvalue weighted by Gasteiger charge is 2.61. The molecule has 2 aromatic carbocycles. The van der Waals surface area contributed by atoms with Crippen LogP contribution in [0.2, 0.25) is 0 Å². The number of aromatic nitrogens is 1. The van der Waals surface area contributed by atoms with E-state index in [1.165, 1.54) is 4.90 Å². The van der Waals surface area contributed by atoms with Crippen molar-refractivity contribution in [1.29, 1.82) is 0 Å². The van der Waals surface area contributed by atoms with Crippen molar-refractivity contribution in [2.24, 2.45) is 11.3 Å². The number of benzene rings is 2. The van der Waals surface area contributed by atoms with E-state index in [-0.39, 0.29) is 25.8 Å². The molecule has 0 bridgehead atoms. The van der Waals surface area contributed by atoms with Gasteiger partial charge in [0.15, 0.2) is 5.78 Å². The van der Waals surface area contributed by atoms with Gasteiger partial charge in [0.2, 0.25) is 21.8 Å². The molecule has 13 nitrogen and oxygen atoms in total. The molecule has 2 heterocycles. The number of Topliss-reactive ketones (excluding diaryl/α,β-unsaturated/α-hetero) is 1. The van der Waals surface area contributed by atoms with Crippen LogP contribution in [0.1, 0.15) is 64.5 Å². The topological polar surface area (TPSA) is 170 Å². The van der Waals surface area contributed by atoms with E-state index >= 15 is 0 Å². The molecule has 2 N–H and O–H groups in total. The maximum absolute atomic E-state index is 14.6. The molecule has 2 aliphatic carbocycles. The second-order valence-electron chi connectivity index (χ2n) is 14.7. The van der Waals surface area contributed by atoms with Crippen LogP contribution >= 0.6 is 0 Å². The molecule has 1 aliphatic heterocycles. The lowest BCUT2D eigenvalue weighted by atomic mass is 9.91. The number of hydrogen-bond donors (Lipinski definition) is 2. The van der Waals surface area contributed by atoms with Gasteiger partial charge >= 0.3 is 6.09 Å². The Kier molecular flexibility index (Phi) is 10.1. The van der Waals surface area contributed by atoms with Crippen molar-refractivity contribution < 1.29 is 41.8 Å². The molecular formula is C38H44N4O9S. The fourth-order valence-electron chi connectivity index (χ4n) is 6.77. The minimum atomic E-state index is -3.87. The van der Waals surface area contributed by atoms with Crippen LogP contribution in [-0.4, -0.2) is 78.6 Å². The number of nitrogens with one attached hydrogen (secondary N) is 2. The summed E-state index contributed by atoms with van der Waals surface area (Å²) in [6, 6.07) is 13.6. The van der Waals surface area contributed by atoms with E-state index in [9.17, 15) is 27.6 Å². The number of nitrogens with zero attached hydrogens (tertiary/aromatic N) is 2. The SMILES string of the molecule is C=C[C@@H]1C[C@]1(CC(=O)[C@@H]1C[C@@H](Oc2nccc3cc(OC)ccc23)CN1C(=O)[C@@H](NC(=O)OC(C)(C)C)c1ccccc1)C(=O)NS(=O)(=O)C1CC1. The van der Waals surface area contributed by atoms with Crippen LogP contribution < -0.4 is 19.5 Å². The quantitative estimate of drug-likeness (QED) is 0.237. The molecule has 3 aliphatic rings. The van der Waals surface area contributed by atoms with Gasteiger partial charge in [0.1, 0.15) is 23.5 Å². The van der Waals surface area contributed by atoms with Crippen molar-refractivity contribution in [2.75, 3.05) is 13.7 Å². The maximum Gasteiger partial charge on any atom is 0.408 e. The number of methoxy groups -OCH3 is 1. The number of pyridine rings is 1. The molecular weight excluding hydrogens is 689 g/mol. The minimum absolute atomic E-state index is 0.0388. The first-order valence-electron chi connectivity index (χ1n) is 17.3. The summed E-state index contributed by atoms with van der Waals surface area (Å²) in [4.78, 5) is 61.4. The first-order valence-corrected chi connectivity index (χ1v) is 18.8. The van der Waals surface area contributed by atoms with E-state index in [0.717, 1.165) is 5.39 Å². The Bertz CT molecular complexity index is 1990. The molecule has 5 atom stereocenters. The molecule has 52 heavy (non-hydrogen) atoms. The Morgan fingerprint density at radius 2 is 1.83 bits per heavy atom. The Labute approximate surface area is 303 Å². The minimum Gasteiger partial charge on any atom is -0.497 e. The second kappa shape index (κ2) is 14.2. The van der Waals surface area contributed by atoms with E-state index in [0.29, 0.717) is 35.4 Å². The molecule has 2 saturated carbocycles. The number of carbonyl (C=O) groups excluding carboxylic acids is 4.